The number of ether oxygens (including phenoxy) is 1. The summed E-state index contributed by atoms with van der Waals surface area (Å²) in [6.45, 7) is 0.366. The number of hydrogen-bond donors (Lipinski definition) is 0. The summed E-state index contributed by atoms with van der Waals surface area (Å²) in [6.07, 6.45) is 1.80. The van der Waals surface area contributed by atoms with Crippen molar-refractivity contribution in [1.82, 2.24) is 9.78 Å². The quantitative estimate of drug-likeness (QED) is 0.383. The van der Waals surface area contributed by atoms with E-state index in [0.717, 1.165) is 11.3 Å². The van der Waals surface area contributed by atoms with Crippen molar-refractivity contribution in [3.8, 4) is 17.0 Å². The van der Waals surface area contributed by atoms with Crippen LogP contribution in [0.4, 0.5) is 8.78 Å². The fourth-order valence-electron chi connectivity index (χ4n) is 2.98. The predicted octanol–water partition coefficient (Wildman–Crippen LogP) is 6.11. The number of aromatic nitrogens is 2. The first-order valence-electron chi connectivity index (χ1n) is 9.03. The molecule has 0 unspecified atom stereocenters. The zero-order valence-corrected chi connectivity index (χ0v) is 16.1. The molecule has 6 heteroatoms. The van der Waals surface area contributed by atoms with Crippen LogP contribution in [0.25, 0.3) is 11.3 Å². The fourth-order valence-corrected chi connectivity index (χ4v) is 3.19. The number of nitrogens with zero attached hydrogens (tertiary/aromatic N) is 2. The Morgan fingerprint density at radius 1 is 0.897 bits per heavy atom. The Morgan fingerprint density at radius 3 is 2.52 bits per heavy atom. The number of halogens is 3. The van der Waals surface area contributed by atoms with Crippen LogP contribution in [0.15, 0.2) is 79.0 Å². The molecule has 0 bridgehead atoms. The topological polar surface area (TPSA) is 27.1 Å². The van der Waals surface area contributed by atoms with Crippen LogP contribution < -0.4 is 4.74 Å². The lowest BCUT2D eigenvalue weighted by Gasteiger charge is -2.09. The molecule has 0 aliphatic rings. The molecule has 0 saturated carbocycles. The molecule has 1 heterocycles. The van der Waals surface area contributed by atoms with Crippen molar-refractivity contribution >= 4 is 11.6 Å². The SMILES string of the molecule is Fc1ccccc1Cn1ccc(-c2cccc(OCc3c(F)cccc3Cl)c2)n1. The lowest BCUT2D eigenvalue weighted by atomic mass is 10.1. The van der Waals surface area contributed by atoms with E-state index in [1.54, 1.807) is 47.3 Å². The van der Waals surface area contributed by atoms with E-state index in [4.69, 9.17) is 16.3 Å². The van der Waals surface area contributed by atoms with Crippen LogP contribution in [0.2, 0.25) is 5.02 Å². The standard InChI is InChI=1S/C23H17ClF2N2O/c24-20-8-4-10-22(26)19(20)15-29-18-7-3-6-16(13-18)23-11-12-28(27-23)14-17-5-1-2-9-21(17)25/h1-13H,14-15H2. The van der Waals surface area contributed by atoms with Gasteiger partial charge < -0.3 is 4.74 Å². The number of hydrogen-bond acceptors (Lipinski definition) is 2. The second-order valence-electron chi connectivity index (χ2n) is 6.51. The van der Waals surface area contributed by atoms with Gasteiger partial charge in [0.25, 0.3) is 0 Å². The first-order chi connectivity index (χ1) is 14.1. The Kier molecular flexibility index (Phi) is 5.58. The van der Waals surface area contributed by atoms with E-state index in [0.29, 0.717) is 28.4 Å². The zero-order valence-electron chi connectivity index (χ0n) is 15.4. The van der Waals surface area contributed by atoms with Gasteiger partial charge in [-0.05, 0) is 36.4 Å². The summed E-state index contributed by atoms with van der Waals surface area (Å²) in [5.74, 6) is -0.0854. The molecular weight excluding hydrogens is 394 g/mol. The summed E-state index contributed by atoms with van der Waals surface area (Å²) in [4.78, 5) is 0. The van der Waals surface area contributed by atoms with Crippen molar-refractivity contribution in [3.63, 3.8) is 0 Å². The molecule has 0 aliphatic heterocycles. The lowest BCUT2D eigenvalue weighted by molar-refractivity contribution is 0.300. The van der Waals surface area contributed by atoms with Gasteiger partial charge in [-0.15, -0.1) is 0 Å². The van der Waals surface area contributed by atoms with Gasteiger partial charge in [0.1, 0.15) is 24.0 Å². The molecule has 1 aromatic heterocycles. The molecule has 3 aromatic carbocycles. The van der Waals surface area contributed by atoms with Crippen LogP contribution in [0.1, 0.15) is 11.1 Å². The van der Waals surface area contributed by atoms with E-state index in [1.807, 2.05) is 24.3 Å². The highest BCUT2D eigenvalue weighted by Crippen LogP contribution is 2.25. The molecule has 0 spiro atoms. The maximum absolute atomic E-state index is 13.9. The van der Waals surface area contributed by atoms with Crippen LogP contribution in [0.3, 0.4) is 0 Å². The van der Waals surface area contributed by atoms with Crippen molar-refractivity contribution in [2.75, 3.05) is 0 Å². The first-order valence-corrected chi connectivity index (χ1v) is 9.41. The number of benzene rings is 3. The van der Waals surface area contributed by atoms with Crippen molar-refractivity contribution in [3.05, 3.63) is 107 Å². The lowest BCUT2D eigenvalue weighted by Crippen LogP contribution is -2.02. The van der Waals surface area contributed by atoms with Crippen LogP contribution in [0, 0.1) is 11.6 Å². The third-order valence-electron chi connectivity index (χ3n) is 4.51. The molecule has 0 N–H and O–H groups in total. The van der Waals surface area contributed by atoms with Crippen LogP contribution in [-0.4, -0.2) is 9.78 Å². The van der Waals surface area contributed by atoms with E-state index in [9.17, 15) is 8.78 Å². The largest absolute Gasteiger partial charge is 0.489 e. The van der Waals surface area contributed by atoms with E-state index in [2.05, 4.69) is 5.10 Å². The summed E-state index contributed by atoms with van der Waals surface area (Å²) in [6, 6.07) is 20.4. The van der Waals surface area contributed by atoms with E-state index < -0.39 is 5.82 Å². The zero-order chi connectivity index (χ0) is 20.2. The monoisotopic (exact) mass is 410 g/mol. The molecule has 0 radical (unpaired) electrons. The van der Waals surface area contributed by atoms with E-state index in [1.165, 1.54) is 12.1 Å². The van der Waals surface area contributed by atoms with Gasteiger partial charge in [-0.2, -0.15) is 5.10 Å². The third-order valence-corrected chi connectivity index (χ3v) is 4.86. The Hall–Kier alpha value is -3.18. The molecule has 146 valence electrons. The summed E-state index contributed by atoms with van der Waals surface area (Å²) in [5.41, 5.74) is 2.46. The van der Waals surface area contributed by atoms with Crippen LogP contribution >= 0.6 is 11.6 Å². The van der Waals surface area contributed by atoms with Gasteiger partial charge in [0.2, 0.25) is 0 Å². The molecule has 0 fully saturated rings. The van der Waals surface area contributed by atoms with Crippen LogP contribution in [-0.2, 0) is 13.2 Å². The molecule has 4 aromatic rings. The highest BCUT2D eigenvalue weighted by molar-refractivity contribution is 6.31. The fraction of sp³-hybridized carbons (Fsp3) is 0.0870. The van der Waals surface area contributed by atoms with Gasteiger partial charge in [-0.1, -0.05) is 48.0 Å². The average molecular weight is 411 g/mol. The Morgan fingerprint density at radius 2 is 1.69 bits per heavy atom. The summed E-state index contributed by atoms with van der Waals surface area (Å²) in [7, 11) is 0. The molecule has 3 nitrogen and oxygen atoms in total. The highest BCUT2D eigenvalue weighted by atomic mass is 35.5. The molecule has 0 amide bonds. The van der Waals surface area contributed by atoms with Gasteiger partial charge in [-0.3, -0.25) is 4.68 Å². The minimum absolute atomic E-state index is 0.0245. The van der Waals surface area contributed by atoms with Gasteiger partial charge in [-0.25, -0.2) is 8.78 Å². The van der Waals surface area contributed by atoms with Gasteiger partial charge in [0, 0.05) is 22.9 Å². The maximum atomic E-state index is 13.9. The van der Waals surface area contributed by atoms with E-state index in [-0.39, 0.29) is 12.4 Å². The molecule has 0 atom stereocenters. The van der Waals surface area contributed by atoms with Crippen molar-refractivity contribution in [2.24, 2.45) is 0 Å². The van der Waals surface area contributed by atoms with Crippen molar-refractivity contribution < 1.29 is 13.5 Å². The minimum atomic E-state index is -0.402. The Balaban J connectivity index is 1.49. The summed E-state index contributed by atoms with van der Waals surface area (Å²) in [5, 5.41) is 4.84. The van der Waals surface area contributed by atoms with Gasteiger partial charge in [0.05, 0.1) is 17.3 Å². The Bertz CT molecular complexity index is 1120. The van der Waals surface area contributed by atoms with Gasteiger partial charge >= 0.3 is 0 Å². The molecular formula is C23H17ClF2N2O. The minimum Gasteiger partial charge on any atom is -0.489 e. The maximum Gasteiger partial charge on any atom is 0.131 e. The molecule has 0 saturated heterocycles. The molecule has 29 heavy (non-hydrogen) atoms. The van der Waals surface area contributed by atoms with Crippen molar-refractivity contribution in [2.45, 2.75) is 13.2 Å². The second-order valence-corrected chi connectivity index (χ2v) is 6.91. The summed E-state index contributed by atoms with van der Waals surface area (Å²) >= 11 is 6.04. The molecule has 4 rings (SSSR count). The van der Waals surface area contributed by atoms with Gasteiger partial charge in [0.15, 0.2) is 0 Å². The average Bonchev–Trinajstić information content (AvgIpc) is 3.18. The molecule has 0 aliphatic carbocycles. The first kappa shape index (κ1) is 19.2. The smallest absolute Gasteiger partial charge is 0.131 e. The van der Waals surface area contributed by atoms with Crippen molar-refractivity contribution in [1.29, 1.82) is 0 Å². The second kappa shape index (κ2) is 8.45. The van der Waals surface area contributed by atoms with Crippen LogP contribution in [0.5, 0.6) is 5.75 Å². The Labute approximate surface area is 172 Å². The highest BCUT2D eigenvalue weighted by Gasteiger charge is 2.09. The van der Waals surface area contributed by atoms with E-state index >= 15 is 0 Å². The normalized spacial score (nSPS) is 10.9. The number of rotatable bonds is 6. The predicted molar refractivity (Wildman–Crippen MR) is 109 cm³/mol. The third kappa shape index (κ3) is 4.46. The summed E-state index contributed by atoms with van der Waals surface area (Å²) < 4.78 is 35.2.